The number of ether oxygens (including phenoxy) is 1. The van der Waals surface area contributed by atoms with Gasteiger partial charge in [-0.05, 0) is 19.1 Å². The summed E-state index contributed by atoms with van der Waals surface area (Å²) in [7, 11) is 0. The van der Waals surface area contributed by atoms with Crippen LogP contribution in [0.1, 0.15) is 16.1 Å². The van der Waals surface area contributed by atoms with Crippen molar-refractivity contribution in [1.82, 2.24) is 20.3 Å². The molecule has 4 heterocycles. The van der Waals surface area contributed by atoms with Crippen molar-refractivity contribution in [3.05, 3.63) is 29.7 Å². The lowest BCUT2D eigenvalue weighted by Gasteiger charge is -2.35. The molecule has 0 N–H and O–H groups in total. The highest BCUT2D eigenvalue weighted by Gasteiger charge is 2.25. The number of aromatic nitrogens is 3. The molecule has 2 fully saturated rings. The fourth-order valence-corrected chi connectivity index (χ4v) is 3.26. The van der Waals surface area contributed by atoms with E-state index >= 15 is 0 Å². The molecular formula is C17H22N6O3. The third-order valence-corrected chi connectivity index (χ3v) is 4.84. The van der Waals surface area contributed by atoms with Gasteiger partial charge in [-0.2, -0.15) is 0 Å². The molecule has 2 aliphatic heterocycles. The Morgan fingerprint density at radius 2 is 1.58 bits per heavy atom. The van der Waals surface area contributed by atoms with Crippen LogP contribution in [0.25, 0.3) is 0 Å². The molecular weight excluding hydrogens is 336 g/mol. The van der Waals surface area contributed by atoms with Gasteiger partial charge in [-0.15, -0.1) is 10.2 Å². The molecule has 0 atom stereocenters. The molecule has 1 amide bonds. The fourth-order valence-electron chi connectivity index (χ4n) is 3.26. The van der Waals surface area contributed by atoms with E-state index in [2.05, 4.69) is 25.2 Å². The largest absolute Gasteiger partial charge is 0.378 e. The molecule has 2 aliphatic rings. The summed E-state index contributed by atoms with van der Waals surface area (Å²) < 4.78 is 10.4. The molecule has 0 spiro atoms. The number of anilines is 2. The summed E-state index contributed by atoms with van der Waals surface area (Å²) in [6.07, 6.45) is 1.49. The second-order valence-corrected chi connectivity index (χ2v) is 6.42. The number of morpholine rings is 1. The molecule has 2 saturated heterocycles. The average Bonchev–Trinajstić information content (AvgIpc) is 3.14. The molecule has 0 unspecified atom stereocenters. The Kier molecular flexibility index (Phi) is 4.70. The van der Waals surface area contributed by atoms with Crippen molar-refractivity contribution in [2.75, 3.05) is 62.3 Å². The van der Waals surface area contributed by atoms with E-state index in [1.807, 2.05) is 17.0 Å². The Morgan fingerprint density at radius 3 is 2.12 bits per heavy atom. The summed E-state index contributed by atoms with van der Waals surface area (Å²) in [5, 5.41) is 12.4. The first-order valence-corrected chi connectivity index (χ1v) is 8.84. The normalized spacial score (nSPS) is 18.3. The van der Waals surface area contributed by atoms with E-state index in [0.717, 1.165) is 51.0 Å². The average molecular weight is 358 g/mol. The van der Waals surface area contributed by atoms with Crippen molar-refractivity contribution in [2.24, 2.45) is 0 Å². The summed E-state index contributed by atoms with van der Waals surface area (Å²) in [4.78, 5) is 18.7. The Morgan fingerprint density at radius 1 is 0.962 bits per heavy atom. The number of rotatable bonds is 3. The summed E-state index contributed by atoms with van der Waals surface area (Å²) in [5.41, 5.74) is 0.535. The monoisotopic (exact) mass is 358 g/mol. The lowest BCUT2D eigenvalue weighted by molar-refractivity contribution is 0.0744. The molecule has 138 valence electrons. The van der Waals surface area contributed by atoms with Gasteiger partial charge in [0, 0.05) is 39.3 Å². The summed E-state index contributed by atoms with van der Waals surface area (Å²) in [6, 6.07) is 4.01. The van der Waals surface area contributed by atoms with E-state index in [0.29, 0.717) is 24.4 Å². The van der Waals surface area contributed by atoms with E-state index in [1.165, 1.54) is 6.20 Å². The molecule has 0 aromatic carbocycles. The number of nitrogens with zero attached hydrogens (tertiary/aromatic N) is 6. The number of hydrogen-bond donors (Lipinski definition) is 0. The number of amides is 1. The first kappa shape index (κ1) is 16.8. The van der Waals surface area contributed by atoms with Crippen molar-refractivity contribution >= 4 is 17.5 Å². The molecule has 2 aromatic heterocycles. The van der Waals surface area contributed by atoms with Gasteiger partial charge in [0.2, 0.25) is 0 Å². The summed E-state index contributed by atoms with van der Waals surface area (Å²) >= 11 is 0. The predicted molar refractivity (Wildman–Crippen MR) is 94.4 cm³/mol. The predicted octanol–water partition coefficient (Wildman–Crippen LogP) is 0.572. The van der Waals surface area contributed by atoms with Crippen molar-refractivity contribution in [3.63, 3.8) is 0 Å². The standard InChI is InChI=1S/C17H22N6O3/c1-13-14(12-18-26-13)17(24)23-6-4-21(5-7-23)15-2-3-16(20-19-15)22-8-10-25-11-9-22/h2-3,12H,4-11H2,1H3. The number of hydrogen-bond acceptors (Lipinski definition) is 8. The first-order valence-electron chi connectivity index (χ1n) is 8.84. The van der Waals surface area contributed by atoms with Crippen LogP contribution in [0.3, 0.4) is 0 Å². The highest BCUT2D eigenvalue weighted by Crippen LogP contribution is 2.18. The van der Waals surface area contributed by atoms with Crippen LogP contribution in [-0.4, -0.2) is 78.6 Å². The number of carbonyl (C=O) groups excluding carboxylic acids is 1. The molecule has 0 aliphatic carbocycles. The van der Waals surface area contributed by atoms with E-state index in [4.69, 9.17) is 9.26 Å². The number of aryl methyl sites for hydroxylation is 1. The van der Waals surface area contributed by atoms with E-state index in [1.54, 1.807) is 6.92 Å². The quantitative estimate of drug-likeness (QED) is 0.787. The van der Waals surface area contributed by atoms with Gasteiger partial charge < -0.3 is 24.0 Å². The van der Waals surface area contributed by atoms with Crippen molar-refractivity contribution in [3.8, 4) is 0 Å². The van der Waals surface area contributed by atoms with Gasteiger partial charge in [-0.1, -0.05) is 5.16 Å². The van der Waals surface area contributed by atoms with Gasteiger partial charge in [-0.3, -0.25) is 4.79 Å². The molecule has 4 rings (SSSR count). The minimum absolute atomic E-state index is 0.0304. The van der Waals surface area contributed by atoms with Crippen LogP contribution in [0.15, 0.2) is 22.9 Å². The van der Waals surface area contributed by atoms with Crippen molar-refractivity contribution in [1.29, 1.82) is 0 Å². The van der Waals surface area contributed by atoms with Gasteiger partial charge in [0.1, 0.15) is 11.3 Å². The second kappa shape index (κ2) is 7.28. The van der Waals surface area contributed by atoms with Crippen LogP contribution in [-0.2, 0) is 4.74 Å². The van der Waals surface area contributed by atoms with Gasteiger partial charge in [0.15, 0.2) is 11.6 Å². The Hall–Kier alpha value is -2.68. The SMILES string of the molecule is Cc1oncc1C(=O)N1CCN(c2ccc(N3CCOCC3)nn2)CC1. The molecule has 0 saturated carbocycles. The molecule has 0 radical (unpaired) electrons. The minimum Gasteiger partial charge on any atom is -0.378 e. The molecule has 2 aromatic rings. The zero-order valence-electron chi connectivity index (χ0n) is 14.8. The topological polar surface area (TPSA) is 87.8 Å². The van der Waals surface area contributed by atoms with Crippen LogP contribution in [0.4, 0.5) is 11.6 Å². The summed E-state index contributed by atoms with van der Waals surface area (Å²) in [6.45, 7) is 7.61. The molecule has 26 heavy (non-hydrogen) atoms. The van der Waals surface area contributed by atoms with Gasteiger partial charge in [0.25, 0.3) is 5.91 Å². The lowest BCUT2D eigenvalue weighted by atomic mass is 10.2. The maximum atomic E-state index is 12.5. The van der Waals surface area contributed by atoms with Crippen LogP contribution in [0.5, 0.6) is 0 Å². The van der Waals surface area contributed by atoms with E-state index < -0.39 is 0 Å². The van der Waals surface area contributed by atoms with Crippen LogP contribution < -0.4 is 9.80 Å². The first-order chi connectivity index (χ1) is 12.7. The smallest absolute Gasteiger partial charge is 0.259 e. The highest BCUT2D eigenvalue weighted by atomic mass is 16.5. The maximum absolute atomic E-state index is 12.5. The lowest BCUT2D eigenvalue weighted by Crippen LogP contribution is -2.49. The van der Waals surface area contributed by atoms with Gasteiger partial charge in [0.05, 0.1) is 19.4 Å². The Balaban J connectivity index is 1.35. The second-order valence-electron chi connectivity index (χ2n) is 6.42. The zero-order chi connectivity index (χ0) is 17.9. The number of carbonyl (C=O) groups is 1. The van der Waals surface area contributed by atoms with Crippen molar-refractivity contribution in [2.45, 2.75) is 6.92 Å². The third-order valence-electron chi connectivity index (χ3n) is 4.84. The number of piperazine rings is 1. The van der Waals surface area contributed by atoms with Gasteiger partial charge >= 0.3 is 0 Å². The van der Waals surface area contributed by atoms with Crippen LogP contribution in [0.2, 0.25) is 0 Å². The third kappa shape index (κ3) is 3.34. The molecule has 0 bridgehead atoms. The Bertz CT molecular complexity index is 748. The summed E-state index contributed by atoms with van der Waals surface area (Å²) in [5.74, 6) is 2.25. The fraction of sp³-hybridized carbons (Fsp3) is 0.529. The van der Waals surface area contributed by atoms with Gasteiger partial charge in [-0.25, -0.2) is 0 Å². The van der Waals surface area contributed by atoms with E-state index in [-0.39, 0.29) is 5.91 Å². The van der Waals surface area contributed by atoms with Crippen molar-refractivity contribution < 1.29 is 14.1 Å². The Labute approximate surface area is 151 Å². The van der Waals surface area contributed by atoms with E-state index in [9.17, 15) is 4.79 Å². The highest BCUT2D eigenvalue weighted by molar-refractivity contribution is 5.94. The maximum Gasteiger partial charge on any atom is 0.259 e. The van der Waals surface area contributed by atoms with Crippen LogP contribution >= 0.6 is 0 Å². The molecule has 9 heteroatoms. The zero-order valence-corrected chi connectivity index (χ0v) is 14.8. The van der Waals surface area contributed by atoms with Crippen LogP contribution in [0, 0.1) is 6.92 Å². The minimum atomic E-state index is -0.0304. The molecule has 9 nitrogen and oxygen atoms in total.